The van der Waals surface area contributed by atoms with Gasteiger partial charge in [-0.05, 0) is 37.0 Å². The molecule has 3 N–H and O–H groups in total. The SMILES string of the molecule is Cc1cccc(N2CCC(CNc3nnc(CN)o3)C2)c1.Cl.Cl. The Hall–Kier alpha value is -1.50. The van der Waals surface area contributed by atoms with Gasteiger partial charge in [-0.2, -0.15) is 0 Å². The van der Waals surface area contributed by atoms with Crippen LogP contribution in [0.1, 0.15) is 17.9 Å². The smallest absolute Gasteiger partial charge is 0.315 e. The minimum atomic E-state index is 0. The molecule has 0 spiro atoms. The second-order valence-corrected chi connectivity index (χ2v) is 5.53. The second kappa shape index (κ2) is 8.96. The molecule has 1 unspecified atom stereocenters. The lowest BCUT2D eigenvalue weighted by molar-refractivity contribution is 0.500. The Labute approximate surface area is 148 Å². The Morgan fingerprint density at radius 2 is 2.17 bits per heavy atom. The molecule has 2 aromatic rings. The van der Waals surface area contributed by atoms with Gasteiger partial charge in [0.1, 0.15) is 0 Å². The van der Waals surface area contributed by atoms with Gasteiger partial charge in [0.25, 0.3) is 0 Å². The zero-order valence-corrected chi connectivity index (χ0v) is 14.7. The fourth-order valence-corrected chi connectivity index (χ4v) is 2.70. The molecule has 0 amide bonds. The van der Waals surface area contributed by atoms with Crippen molar-refractivity contribution in [3.05, 3.63) is 35.7 Å². The molecule has 0 bridgehead atoms. The summed E-state index contributed by atoms with van der Waals surface area (Å²) in [5, 5.41) is 11.0. The van der Waals surface area contributed by atoms with Crippen LogP contribution in [0.15, 0.2) is 28.7 Å². The Kier molecular flexibility index (Phi) is 7.61. The number of rotatable bonds is 5. The minimum absolute atomic E-state index is 0. The first-order valence-corrected chi connectivity index (χ1v) is 7.32. The number of anilines is 2. The van der Waals surface area contributed by atoms with Crippen LogP contribution in [0.3, 0.4) is 0 Å². The number of hydrogen-bond acceptors (Lipinski definition) is 6. The van der Waals surface area contributed by atoms with Crippen molar-refractivity contribution in [3.63, 3.8) is 0 Å². The predicted molar refractivity (Wildman–Crippen MR) is 96.7 cm³/mol. The Morgan fingerprint density at radius 1 is 1.35 bits per heavy atom. The molecule has 0 saturated carbocycles. The quantitative estimate of drug-likeness (QED) is 0.853. The molecular formula is C15H23Cl2N5O. The molecule has 1 aliphatic heterocycles. The third-order valence-electron chi connectivity index (χ3n) is 3.84. The molecule has 2 heterocycles. The van der Waals surface area contributed by atoms with E-state index in [2.05, 4.69) is 51.6 Å². The summed E-state index contributed by atoms with van der Waals surface area (Å²) in [6.07, 6.45) is 1.17. The molecule has 1 aromatic heterocycles. The largest absolute Gasteiger partial charge is 0.407 e. The van der Waals surface area contributed by atoms with Crippen LogP contribution in [0.2, 0.25) is 0 Å². The van der Waals surface area contributed by atoms with E-state index in [4.69, 9.17) is 10.2 Å². The van der Waals surface area contributed by atoms with E-state index in [0.717, 1.165) is 19.6 Å². The van der Waals surface area contributed by atoms with Gasteiger partial charge >= 0.3 is 6.01 Å². The highest BCUT2D eigenvalue weighted by Crippen LogP contribution is 2.24. The highest BCUT2D eigenvalue weighted by Gasteiger charge is 2.23. The normalized spacial score (nSPS) is 16.6. The van der Waals surface area contributed by atoms with Gasteiger partial charge in [0.15, 0.2) is 0 Å². The fourth-order valence-electron chi connectivity index (χ4n) is 2.70. The summed E-state index contributed by atoms with van der Waals surface area (Å²) in [5.74, 6) is 1.05. The van der Waals surface area contributed by atoms with Crippen LogP contribution in [0.25, 0.3) is 0 Å². The molecule has 0 aliphatic carbocycles. The number of aryl methyl sites for hydroxylation is 1. The van der Waals surface area contributed by atoms with E-state index in [1.54, 1.807) is 0 Å². The molecule has 6 nitrogen and oxygen atoms in total. The molecule has 1 fully saturated rings. The number of benzene rings is 1. The van der Waals surface area contributed by atoms with Gasteiger partial charge in [0.2, 0.25) is 5.89 Å². The van der Waals surface area contributed by atoms with Crippen LogP contribution in [-0.4, -0.2) is 29.8 Å². The van der Waals surface area contributed by atoms with Gasteiger partial charge in [-0.3, -0.25) is 0 Å². The second-order valence-electron chi connectivity index (χ2n) is 5.53. The maximum Gasteiger partial charge on any atom is 0.315 e. The lowest BCUT2D eigenvalue weighted by Crippen LogP contribution is -2.22. The van der Waals surface area contributed by atoms with E-state index < -0.39 is 0 Å². The Morgan fingerprint density at radius 3 is 2.87 bits per heavy atom. The average Bonchev–Trinajstić information content (AvgIpc) is 3.14. The van der Waals surface area contributed by atoms with Gasteiger partial charge in [0, 0.05) is 25.3 Å². The number of halogens is 2. The van der Waals surface area contributed by atoms with Gasteiger partial charge < -0.3 is 20.4 Å². The maximum absolute atomic E-state index is 5.45. The maximum atomic E-state index is 5.45. The predicted octanol–water partition coefficient (Wildman–Crippen LogP) is 2.62. The van der Waals surface area contributed by atoms with E-state index >= 15 is 0 Å². The van der Waals surface area contributed by atoms with Gasteiger partial charge in [0.05, 0.1) is 6.54 Å². The van der Waals surface area contributed by atoms with E-state index in [9.17, 15) is 0 Å². The molecule has 1 atom stereocenters. The Bertz CT molecular complexity index is 607. The molecule has 0 radical (unpaired) electrons. The number of nitrogens with two attached hydrogens (primary N) is 1. The van der Waals surface area contributed by atoms with Gasteiger partial charge in [-0.25, -0.2) is 0 Å². The van der Waals surface area contributed by atoms with Crippen molar-refractivity contribution in [2.45, 2.75) is 19.9 Å². The topological polar surface area (TPSA) is 80.2 Å². The zero-order valence-electron chi connectivity index (χ0n) is 13.1. The van der Waals surface area contributed by atoms with Gasteiger partial charge in [-0.15, -0.1) is 29.9 Å². The number of nitrogens with one attached hydrogen (secondary N) is 1. The van der Waals surface area contributed by atoms with Crippen molar-refractivity contribution in [1.29, 1.82) is 0 Å². The Balaban J connectivity index is 0.00000132. The summed E-state index contributed by atoms with van der Waals surface area (Å²) in [5.41, 5.74) is 8.05. The molecule has 1 aliphatic rings. The third kappa shape index (κ3) is 4.99. The average molecular weight is 360 g/mol. The summed E-state index contributed by atoms with van der Waals surface area (Å²) in [6, 6.07) is 9.12. The number of hydrogen-bond donors (Lipinski definition) is 2. The van der Waals surface area contributed by atoms with E-state index in [-0.39, 0.29) is 31.4 Å². The molecule has 1 aromatic carbocycles. The number of aromatic nitrogens is 2. The van der Waals surface area contributed by atoms with Crippen molar-refractivity contribution in [3.8, 4) is 0 Å². The first-order valence-electron chi connectivity index (χ1n) is 7.32. The highest BCUT2D eigenvalue weighted by molar-refractivity contribution is 5.85. The fraction of sp³-hybridized carbons (Fsp3) is 0.467. The minimum Gasteiger partial charge on any atom is -0.407 e. The molecule has 128 valence electrons. The zero-order chi connectivity index (χ0) is 14.7. The van der Waals surface area contributed by atoms with Crippen LogP contribution in [0.4, 0.5) is 11.7 Å². The summed E-state index contributed by atoms with van der Waals surface area (Å²) in [7, 11) is 0. The number of nitrogens with zero attached hydrogens (tertiary/aromatic N) is 3. The van der Waals surface area contributed by atoms with E-state index in [0.29, 0.717) is 17.8 Å². The summed E-state index contributed by atoms with van der Waals surface area (Å²) in [4.78, 5) is 2.43. The van der Waals surface area contributed by atoms with E-state index in [1.807, 2.05) is 0 Å². The van der Waals surface area contributed by atoms with Crippen molar-refractivity contribution >= 4 is 36.5 Å². The summed E-state index contributed by atoms with van der Waals surface area (Å²) < 4.78 is 5.35. The van der Waals surface area contributed by atoms with Crippen LogP contribution in [-0.2, 0) is 6.54 Å². The van der Waals surface area contributed by atoms with Crippen molar-refractivity contribution in [2.24, 2.45) is 11.7 Å². The summed E-state index contributed by atoms with van der Waals surface area (Å²) >= 11 is 0. The lowest BCUT2D eigenvalue weighted by Gasteiger charge is -2.19. The molecular weight excluding hydrogens is 337 g/mol. The molecule has 3 rings (SSSR count). The van der Waals surface area contributed by atoms with Crippen molar-refractivity contribution in [2.75, 3.05) is 29.9 Å². The van der Waals surface area contributed by atoms with Crippen molar-refractivity contribution < 1.29 is 4.42 Å². The third-order valence-corrected chi connectivity index (χ3v) is 3.84. The molecule has 1 saturated heterocycles. The van der Waals surface area contributed by atoms with Crippen LogP contribution in [0, 0.1) is 12.8 Å². The van der Waals surface area contributed by atoms with Crippen LogP contribution in [0.5, 0.6) is 0 Å². The lowest BCUT2D eigenvalue weighted by atomic mass is 10.1. The van der Waals surface area contributed by atoms with Gasteiger partial charge in [-0.1, -0.05) is 17.2 Å². The first-order chi connectivity index (χ1) is 10.2. The monoisotopic (exact) mass is 359 g/mol. The van der Waals surface area contributed by atoms with E-state index in [1.165, 1.54) is 17.7 Å². The van der Waals surface area contributed by atoms with Crippen LogP contribution < -0.4 is 16.0 Å². The molecule has 23 heavy (non-hydrogen) atoms. The highest BCUT2D eigenvalue weighted by atomic mass is 35.5. The molecule has 8 heteroatoms. The standard InChI is InChI=1S/C15H21N5O.2ClH/c1-11-3-2-4-13(7-11)20-6-5-12(10-20)9-17-15-19-18-14(8-16)21-15;;/h2-4,7,12H,5-6,8-10,16H2,1H3,(H,17,19);2*1H. The first kappa shape index (κ1) is 19.5. The van der Waals surface area contributed by atoms with Crippen molar-refractivity contribution in [1.82, 2.24) is 10.2 Å². The van der Waals surface area contributed by atoms with Crippen LogP contribution >= 0.6 is 24.8 Å². The summed E-state index contributed by atoms with van der Waals surface area (Å²) in [6.45, 7) is 5.39.